The standard InChI is InChI=1S/C19H18BrF2NO4S/c20-12-1-2-19-16(7-12)17(3-4-28(19,26)27)23-10-15(24)9-18(25)11-5-13(21)8-14(22)6-11/h1-2,5-8,15,17,23-24H,3-4,9-10H2. The number of rotatable bonds is 6. The van der Waals surface area contributed by atoms with Crippen molar-refractivity contribution in [3.05, 3.63) is 63.6 Å². The summed E-state index contributed by atoms with van der Waals surface area (Å²) in [7, 11) is -3.34. The molecular formula is C19H18BrF2NO4S. The van der Waals surface area contributed by atoms with Gasteiger partial charge in [-0.2, -0.15) is 0 Å². The van der Waals surface area contributed by atoms with E-state index in [9.17, 15) is 27.1 Å². The lowest BCUT2D eigenvalue weighted by Crippen LogP contribution is -2.35. The van der Waals surface area contributed by atoms with Crippen molar-refractivity contribution in [1.82, 2.24) is 5.32 Å². The van der Waals surface area contributed by atoms with Crippen LogP contribution in [0.3, 0.4) is 0 Å². The van der Waals surface area contributed by atoms with Crippen molar-refractivity contribution in [2.45, 2.75) is 29.9 Å². The van der Waals surface area contributed by atoms with Gasteiger partial charge in [-0.1, -0.05) is 15.9 Å². The Hall–Kier alpha value is -1.68. The van der Waals surface area contributed by atoms with Crippen LogP contribution in [0.1, 0.15) is 34.8 Å². The molecule has 28 heavy (non-hydrogen) atoms. The molecule has 5 nitrogen and oxygen atoms in total. The zero-order chi connectivity index (χ0) is 20.5. The summed E-state index contributed by atoms with van der Waals surface area (Å²) in [5.74, 6) is -2.32. The summed E-state index contributed by atoms with van der Waals surface area (Å²) in [5.41, 5.74) is 0.459. The average Bonchev–Trinajstić information content (AvgIpc) is 2.60. The number of fused-ring (bicyclic) bond motifs is 1. The van der Waals surface area contributed by atoms with Gasteiger partial charge in [0.15, 0.2) is 15.6 Å². The number of hydrogen-bond donors (Lipinski definition) is 2. The van der Waals surface area contributed by atoms with E-state index in [1.165, 1.54) is 0 Å². The van der Waals surface area contributed by atoms with Crippen LogP contribution in [0.2, 0.25) is 0 Å². The van der Waals surface area contributed by atoms with Crippen LogP contribution in [0.5, 0.6) is 0 Å². The predicted octanol–water partition coefficient (Wildman–Crippen LogP) is 3.17. The van der Waals surface area contributed by atoms with Crippen molar-refractivity contribution in [2.75, 3.05) is 12.3 Å². The van der Waals surface area contributed by atoms with E-state index in [0.717, 1.165) is 16.6 Å². The Morgan fingerprint density at radius 2 is 1.89 bits per heavy atom. The number of aliphatic hydroxyl groups excluding tert-OH is 1. The summed E-state index contributed by atoms with van der Waals surface area (Å²) in [5, 5.41) is 13.2. The minimum atomic E-state index is -3.34. The summed E-state index contributed by atoms with van der Waals surface area (Å²) in [6, 6.07) is 7.13. The van der Waals surface area contributed by atoms with Gasteiger partial charge < -0.3 is 10.4 Å². The SMILES string of the molecule is O=C(CC(O)CNC1CCS(=O)(=O)c2ccc(Br)cc21)c1cc(F)cc(F)c1. The first kappa shape index (κ1) is 21.0. The zero-order valence-corrected chi connectivity index (χ0v) is 17.1. The van der Waals surface area contributed by atoms with Gasteiger partial charge in [0, 0.05) is 35.1 Å². The second-order valence-electron chi connectivity index (χ2n) is 6.69. The predicted molar refractivity (Wildman–Crippen MR) is 103 cm³/mol. The van der Waals surface area contributed by atoms with E-state index in [1.807, 2.05) is 0 Å². The molecule has 1 aliphatic heterocycles. The third-order valence-electron chi connectivity index (χ3n) is 4.56. The molecule has 0 fully saturated rings. The third-order valence-corrected chi connectivity index (χ3v) is 6.87. The Balaban J connectivity index is 1.66. The molecular weight excluding hydrogens is 456 g/mol. The lowest BCUT2D eigenvalue weighted by Gasteiger charge is -2.27. The Labute approximate surface area is 169 Å². The van der Waals surface area contributed by atoms with Gasteiger partial charge in [-0.3, -0.25) is 4.79 Å². The van der Waals surface area contributed by atoms with Crippen molar-refractivity contribution >= 4 is 31.6 Å². The number of sulfone groups is 1. The lowest BCUT2D eigenvalue weighted by molar-refractivity contribution is 0.0873. The van der Waals surface area contributed by atoms with E-state index in [1.54, 1.807) is 18.2 Å². The number of aliphatic hydroxyl groups is 1. The van der Waals surface area contributed by atoms with Gasteiger partial charge in [0.1, 0.15) is 11.6 Å². The lowest BCUT2D eigenvalue weighted by atomic mass is 10.0. The Bertz CT molecular complexity index is 993. The molecule has 0 saturated heterocycles. The second-order valence-corrected chi connectivity index (χ2v) is 9.68. The van der Waals surface area contributed by atoms with Gasteiger partial charge in [-0.25, -0.2) is 17.2 Å². The molecule has 0 amide bonds. The Morgan fingerprint density at radius 3 is 2.57 bits per heavy atom. The molecule has 2 aromatic rings. The quantitative estimate of drug-likeness (QED) is 0.629. The molecule has 150 valence electrons. The largest absolute Gasteiger partial charge is 0.391 e. The van der Waals surface area contributed by atoms with Gasteiger partial charge in [0.05, 0.1) is 16.8 Å². The minimum Gasteiger partial charge on any atom is -0.391 e. The normalized spacial score (nSPS) is 19.1. The van der Waals surface area contributed by atoms with Crippen molar-refractivity contribution in [2.24, 2.45) is 0 Å². The average molecular weight is 474 g/mol. The highest BCUT2D eigenvalue weighted by Crippen LogP contribution is 2.34. The summed E-state index contributed by atoms with van der Waals surface area (Å²) >= 11 is 3.33. The van der Waals surface area contributed by atoms with Crippen LogP contribution in [0.4, 0.5) is 8.78 Å². The van der Waals surface area contributed by atoms with Crippen molar-refractivity contribution in [1.29, 1.82) is 0 Å². The fraction of sp³-hybridized carbons (Fsp3) is 0.316. The minimum absolute atomic E-state index is 0.0170. The molecule has 0 aliphatic carbocycles. The smallest absolute Gasteiger partial charge is 0.178 e. The highest BCUT2D eigenvalue weighted by atomic mass is 79.9. The van der Waals surface area contributed by atoms with Crippen LogP contribution in [-0.2, 0) is 9.84 Å². The van der Waals surface area contributed by atoms with E-state index in [4.69, 9.17) is 0 Å². The first-order valence-corrected chi connectivity index (χ1v) is 11.0. The fourth-order valence-electron chi connectivity index (χ4n) is 3.22. The van der Waals surface area contributed by atoms with E-state index >= 15 is 0 Å². The van der Waals surface area contributed by atoms with Gasteiger partial charge in [-0.05, 0) is 42.3 Å². The number of nitrogens with one attached hydrogen (secondary N) is 1. The first-order valence-electron chi connectivity index (χ1n) is 8.58. The summed E-state index contributed by atoms with van der Waals surface area (Å²) in [6.07, 6.45) is -1.07. The molecule has 1 aliphatic rings. The monoisotopic (exact) mass is 473 g/mol. The van der Waals surface area contributed by atoms with Crippen LogP contribution in [-0.4, -0.2) is 37.7 Å². The summed E-state index contributed by atoms with van der Waals surface area (Å²) in [4.78, 5) is 12.4. The number of ketones is 1. The van der Waals surface area contributed by atoms with Gasteiger partial charge in [-0.15, -0.1) is 0 Å². The summed E-state index contributed by atoms with van der Waals surface area (Å²) in [6.45, 7) is 0.0280. The molecule has 0 saturated carbocycles. The molecule has 0 aromatic heterocycles. The van der Waals surface area contributed by atoms with Gasteiger partial charge >= 0.3 is 0 Å². The zero-order valence-electron chi connectivity index (χ0n) is 14.7. The molecule has 9 heteroatoms. The molecule has 2 atom stereocenters. The van der Waals surface area contributed by atoms with Crippen LogP contribution < -0.4 is 5.32 Å². The molecule has 0 spiro atoms. The molecule has 2 aromatic carbocycles. The summed E-state index contributed by atoms with van der Waals surface area (Å²) < 4.78 is 51.7. The van der Waals surface area contributed by atoms with Crippen LogP contribution in [0.25, 0.3) is 0 Å². The van der Waals surface area contributed by atoms with Crippen LogP contribution >= 0.6 is 15.9 Å². The topological polar surface area (TPSA) is 83.5 Å². The number of carbonyl (C=O) groups excluding carboxylic acids is 1. The first-order chi connectivity index (χ1) is 13.2. The van der Waals surface area contributed by atoms with Crippen LogP contribution in [0, 0.1) is 11.6 Å². The molecule has 0 bridgehead atoms. The van der Waals surface area contributed by atoms with E-state index in [0.29, 0.717) is 18.1 Å². The Kier molecular flexibility index (Phi) is 6.28. The van der Waals surface area contributed by atoms with Crippen molar-refractivity contribution in [3.63, 3.8) is 0 Å². The van der Waals surface area contributed by atoms with E-state index < -0.39 is 33.4 Å². The molecule has 3 rings (SSSR count). The fourth-order valence-corrected chi connectivity index (χ4v) is 5.20. The molecule has 2 N–H and O–H groups in total. The third kappa shape index (κ3) is 4.83. The number of carbonyl (C=O) groups is 1. The number of benzene rings is 2. The van der Waals surface area contributed by atoms with E-state index in [-0.39, 0.29) is 35.2 Å². The van der Waals surface area contributed by atoms with Crippen molar-refractivity contribution < 1.29 is 27.1 Å². The molecule has 2 unspecified atom stereocenters. The van der Waals surface area contributed by atoms with E-state index in [2.05, 4.69) is 21.2 Å². The maximum absolute atomic E-state index is 13.2. The van der Waals surface area contributed by atoms with Gasteiger partial charge in [0.25, 0.3) is 0 Å². The number of hydrogen-bond acceptors (Lipinski definition) is 5. The number of Topliss-reactive ketones (excluding diaryl/α,β-unsaturated/α-hetero) is 1. The number of halogens is 3. The van der Waals surface area contributed by atoms with Crippen LogP contribution in [0.15, 0.2) is 45.8 Å². The highest BCUT2D eigenvalue weighted by molar-refractivity contribution is 9.10. The maximum atomic E-state index is 13.2. The highest BCUT2D eigenvalue weighted by Gasteiger charge is 2.30. The maximum Gasteiger partial charge on any atom is 0.178 e. The Morgan fingerprint density at radius 1 is 1.21 bits per heavy atom. The van der Waals surface area contributed by atoms with Gasteiger partial charge in [0.2, 0.25) is 0 Å². The molecule has 0 radical (unpaired) electrons. The second kappa shape index (κ2) is 8.36. The molecule has 1 heterocycles. The van der Waals surface area contributed by atoms with Crippen molar-refractivity contribution in [3.8, 4) is 0 Å².